The number of nitrogens with two attached hydrogens (primary N) is 1. The lowest BCUT2D eigenvalue weighted by Gasteiger charge is -2.45. The predicted octanol–water partition coefficient (Wildman–Crippen LogP) is 2.51. The second-order valence-corrected chi connectivity index (χ2v) is 8.78. The van der Waals surface area contributed by atoms with Gasteiger partial charge in [0.05, 0.1) is 0 Å². The Balaban J connectivity index is 1.44. The third-order valence-electron chi connectivity index (χ3n) is 6.79. The third-order valence-corrected chi connectivity index (χ3v) is 6.79. The van der Waals surface area contributed by atoms with E-state index in [1.165, 1.54) is 12.0 Å². The van der Waals surface area contributed by atoms with Crippen LogP contribution in [0.4, 0.5) is 0 Å². The summed E-state index contributed by atoms with van der Waals surface area (Å²) in [6.07, 6.45) is 6.67. The average molecular weight is 370 g/mol. The van der Waals surface area contributed by atoms with Gasteiger partial charge < -0.3 is 16.0 Å². The summed E-state index contributed by atoms with van der Waals surface area (Å²) in [4.78, 5) is 27.3. The van der Waals surface area contributed by atoms with E-state index in [-0.39, 0.29) is 29.9 Å². The van der Waals surface area contributed by atoms with Crippen LogP contribution < -0.4 is 11.1 Å². The molecule has 3 aliphatic rings. The highest BCUT2D eigenvalue weighted by Crippen LogP contribution is 2.40. The van der Waals surface area contributed by atoms with Crippen LogP contribution in [0.3, 0.4) is 0 Å². The lowest BCUT2D eigenvalue weighted by Crippen LogP contribution is -2.56. The van der Waals surface area contributed by atoms with E-state index in [9.17, 15) is 9.59 Å². The van der Waals surface area contributed by atoms with E-state index in [0.717, 1.165) is 31.2 Å². The fraction of sp³-hybridized carbons (Fsp3) is 0.636. The Morgan fingerprint density at radius 2 is 1.81 bits per heavy atom. The van der Waals surface area contributed by atoms with E-state index in [1.54, 1.807) is 4.90 Å². The quantitative estimate of drug-likeness (QED) is 0.856. The van der Waals surface area contributed by atoms with Gasteiger partial charge in [0.15, 0.2) is 0 Å². The monoisotopic (exact) mass is 369 g/mol. The van der Waals surface area contributed by atoms with Crippen LogP contribution in [-0.2, 0) is 16.1 Å². The number of fused-ring (bicyclic) bond motifs is 2. The van der Waals surface area contributed by atoms with Gasteiger partial charge in [0.1, 0.15) is 6.04 Å². The highest BCUT2D eigenvalue weighted by atomic mass is 16.2. The number of likely N-dealkylation sites (tertiary alicyclic amines) is 1. The maximum atomic E-state index is 13.1. The SMILES string of the molecule is Cc1ccc(CN2C(=O)CCC2C(=O)NC2C3CCCC2CC(N)C3)cc1. The molecule has 0 radical (unpaired) electrons. The van der Waals surface area contributed by atoms with Crippen molar-refractivity contribution in [1.29, 1.82) is 0 Å². The minimum atomic E-state index is -0.338. The van der Waals surface area contributed by atoms with Crippen molar-refractivity contribution in [2.75, 3.05) is 0 Å². The van der Waals surface area contributed by atoms with Gasteiger partial charge in [-0.05, 0) is 56.4 Å². The van der Waals surface area contributed by atoms with Gasteiger partial charge in [-0.3, -0.25) is 9.59 Å². The van der Waals surface area contributed by atoms with Gasteiger partial charge in [0, 0.05) is 25.0 Å². The normalized spacial score (nSPS) is 33.2. The topological polar surface area (TPSA) is 75.4 Å². The van der Waals surface area contributed by atoms with Crippen molar-refractivity contribution in [1.82, 2.24) is 10.2 Å². The van der Waals surface area contributed by atoms with Gasteiger partial charge >= 0.3 is 0 Å². The number of nitrogens with zero attached hydrogens (tertiary/aromatic N) is 1. The van der Waals surface area contributed by atoms with Crippen molar-refractivity contribution in [3.05, 3.63) is 35.4 Å². The van der Waals surface area contributed by atoms with Crippen LogP contribution in [0.2, 0.25) is 0 Å². The number of benzene rings is 1. The molecule has 3 unspecified atom stereocenters. The third kappa shape index (κ3) is 3.88. The molecule has 1 saturated heterocycles. The molecule has 4 rings (SSSR count). The second-order valence-electron chi connectivity index (χ2n) is 8.78. The number of carbonyl (C=O) groups excluding carboxylic acids is 2. The molecule has 2 bridgehead atoms. The van der Waals surface area contributed by atoms with Crippen LogP contribution in [-0.4, -0.2) is 34.8 Å². The van der Waals surface area contributed by atoms with Gasteiger partial charge in [-0.1, -0.05) is 36.2 Å². The standard InChI is InChI=1S/C22H31N3O2/c1-14-5-7-15(8-6-14)13-25-19(9-10-20(25)26)22(27)24-21-16-3-2-4-17(21)12-18(23)11-16/h5-8,16-19,21H,2-4,9-13,23H2,1H3,(H,24,27). The van der Waals surface area contributed by atoms with Crippen LogP contribution in [0.1, 0.15) is 56.1 Å². The number of rotatable bonds is 4. The predicted molar refractivity (Wildman–Crippen MR) is 105 cm³/mol. The Bertz CT molecular complexity index is 688. The van der Waals surface area contributed by atoms with Crippen LogP contribution in [0.25, 0.3) is 0 Å². The van der Waals surface area contributed by atoms with Gasteiger partial charge in [0.25, 0.3) is 0 Å². The Morgan fingerprint density at radius 1 is 1.15 bits per heavy atom. The Hall–Kier alpha value is -1.88. The maximum Gasteiger partial charge on any atom is 0.243 e. The van der Waals surface area contributed by atoms with E-state index in [0.29, 0.717) is 31.2 Å². The van der Waals surface area contributed by atoms with E-state index in [2.05, 4.69) is 17.4 Å². The van der Waals surface area contributed by atoms with Crippen LogP contribution in [0.15, 0.2) is 24.3 Å². The fourth-order valence-electron chi connectivity index (χ4n) is 5.38. The van der Waals surface area contributed by atoms with Crippen molar-refractivity contribution < 1.29 is 9.59 Å². The van der Waals surface area contributed by atoms with Crippen LogP contribution >= 0.6 is 0 Å². The molecule has 3 fully saturated rings. The minimum Gasteiger partial charge on any atom is -0.351 e. The highest BCUT2D eigenvalue weighted by Gasteiger charge is 2.42. The van der Waals surface area contributed by atoms with Crippen LogP contribution in [0, 0.1) is 18.8 Å². The average Bonchev–Trinajstić information content (AvgIpc) is 2.98. The summed E-state index contributed by atoms with van der Waals surface area (Å²) >= 11 is 0. The molecule has 1 aliphatic heterocycles. The molecule has 2 aliphatic carbocycles. The first-order valence-electron chi connectivity index (χ1n) is 10.4. The molecule has 2 saturated carbocycles. The molecule has 3 atom stereocenters. The zero-order chi connectivity index (χ0) is 19.0. The molecule has 3 N–H and O–H groups in total. The van der Waals surface area contributed by atoms with E-state index in [4.69, 9.17) is 5.73 Å². The molecular formula is C22H31N3O2. The van der Waals surface area contributed by atoms with Crippen molar-refractivity contribution in [2.45, 2.75) is 76.5 Å². The van der Waals surface area contributed by atoms with Crippen LogP contribution in [0.5, 0.6) is 0 Å². The zero-order valence-electron chi connectivity index (χ0n) is 16.2. The van der Waals surface area contributed by atoms with E-state index < -0.39 is 0 Å². The van der Waals surface area contributed by atoms with Gasteiger partial charge in [0.2, 0.25) is 11.8 Å². The second kappa shape index (κ2) is 7.63. The summed E-state index contributed by atoms with van der Waals surface area (Å²) in [5.41, 5.74) is 8.49. The number of aryl methyl sites for hydroxylation is 1. The summed E-state index contributed by atoms with van der Waals surface area (Å²) in [6.45, 7) is 2.56. The number of carbonyl (C=O) groups is 2. The summed E-state index contributed by atoms with van der Waals surface area (Å²) in [5.74, 6) is 1.12. The van der Waals surface area contributed by atoms with Crippen molar-refractivity contribution in [2.24, 2.45) is 17.6 Å². The zero-order valence-corrected chi connectivity index (χ0v) is 16.2. The Morgan fingerprint density at radius 3 is 2.48 bits per heavy atom. The van der Waals surface area contributed by atoms with Crippen molar-refractivity contribution in [3.63, 3.8) is 0 Å². The van der Waals surface area contributed by atoms with Crippen molar-refractivity contribution in [3.8, 4) is 0 Å². The molecule has 5 heteroatoms. The summed E-state index contributed by atoms with van der Waals surface area (Å²) in [7, 11) is 0. The van der Waals surface area contributed by atoms with E-state index >= 15 is 0 Å². The summed E-state index contributed by atoms with van der Waals surface area (Å²) in [6, 6.07) is 8.37. The van der Waals surface area contributed by atoms with Gasteiger partial charge in [-0.2, -0.15) is 0 Å². The molecule has 2 amide bonds. The minimum absolute atomic E-state index is 0.0327. The molecule has 146 valence electrons. The number of amides is 2. The number of nitrogens with one attached hydrogen (secondary N) is 1. The Kier molecular flexibility index (Phi) is 5.22. The smallest absolute Gasteiger partial charge is 0.243 e. The molecule has 27 heavy (non-hydrogen) atoms. The first-order chi connectivity index (χ1) is 13.0. The number of hydrogen-bond donors (Lipinski definition) is 2. The molecular weight excluding hydrogens is 338 g/mol. The first kappa shape index (κ1) is 18.5. The van der Waals surface area contributed by atoms with Crippen molar-refractivity contribution >= 4 is 11.8 Å². The molecule has 0 aromatic heterocycles. The summed E-state index contributed by atoms with van der Waals surface area (Å²) in [5, 5.41) is 3.34. The van der Waals surface area contributed by atoms with E-state index in [1.807, 2.05) is 19.1 Å². The van der Waals surface area contributed by atoms with Gasteiger partial charge in [-0.15, -0.1) is 0 Å². The largest absolute Gasteiger partial charge is 0.351 e. The lowest BCUT2D eigenvalue weighted by molar-refractivity contribution is -0.136. The summed E-state index contributed by atoms with van der Waals surface area (Å²) < 4.78 is 0. The number of hydrogen-bond acceptors (Lipinski definition) is 3. The molecule has 1 aromatic carbocycles. The first-order valence-corrected chi connectivity index (χ1v) is 10.4. The highest BCUT2D eigenvalue weighted by molar-refractivity contribution is 5.91. The Labute approximate surface area is 161 Å². The molecule has 1 heterocycles. The van der Waals surface area contributed by atoms with Gasteiger partial charge in [-0.25, -0.2) is 0 Å². The fourth-order valence-corrected chi connectivity index (χ4v) is 5.38. The lowest BCUT2D eigenvalue weighted by atomic mass is 9.67. The molecule has 5 nitrogen and oxygen atoms in total. The molecule has 1 aromatic rings. The molecule has 0 spiro atoms. The maximum absolute atomic E-state index is 13.1.